The van der Waals surface area contributed by atoms with Crippen LogP contribution in [0.2, 0.25) is 0 Å². The summed E-state index contributed by atoms with van der Waals surface area (Å²) in [6.45, 7) is 6.01. The Morgan fingerprint density at radius 2 is 2.11 bits per heavy atom. The van der Waals surface area contributed by atoms with Crippen molar-refractivity contribution < 1.29 is 9.53 Å². The zero-order valence-electron chi connectivity index (χ0n) is 15.7. The van der Waals surface area contributed by atoms with E-state index in [1.165, 1.54) is 0 Å². The Kier molecular flexibility index (Phi) is 6.70. The number of aromatic nitrogens is 3. The van der Waals surface area contributed by atoms with Crippen LogP contribution in [0.15, 0.2) is 64.7 Å². The average Bonchev–Trinajstić information content (AvgIpc) is 3.09. The lowest BCUT2D eigenvalue weighted by atomic mass is 10.1. The van der Waals surface area contributed by atoms with Crippen LogP contribution in [0.1, 0.15) is 22.8 Å². The number of rotatable bonds is 8. The number of carbonyl (C=O) groups excluding carboxylic acids is 1. The van der Waals surface area contributed by atoms with Gasteiger partial charge in [-0.05, 0) is 37.3 Å². The molecule has 7 heteroatoms. The van der Waals surface area contributed by atoms with E-state index < -0.39 is 0 Å². The second-order valence-corrected chi connectivity index (χ2v) is 7.95. The van der Waals surface area contributed by atoms with Gasteiger partial charge in [0.2, 0.25) is 0 Å². The number of Topliss-reactive ketones (excluding diaryl/α,β-unsaturated/α-hetero) is 1. The van der Waals surface area contributed by atoms with Crippen LogP contribution >= 0.6 is 27.7 Å². The Morgan fingerprint density at radius 3 is 2.79 bits per heavy atom. The van der Waals surface area contributed by atoms with Crippen LogP contribution in [0.3, 0.4) is 0 Å². The van der Waals surface area contributed by atoms with E-state index in [1.807, 2.05) is 47.0 Å². The Labute approximate surface area is 177 Å². The molecular formula is C21H20BrN3O2S. The van der Waals surface area contributed by atoms with Crippen molar-refractivity contribution in [3.8, 4) is 17.1 Å². The standard InChI is InChI=1S/C21H20BrN3O2S/c1-4-10-25-20(16-6-5-7-18(22)12-16)23-24-21(25)28-13-17-11-15(14(2)26)8-9-19(17)27-3/h4-9,11-12H,1,10,13H2,2-3H3. The molecule has 0 aliphatic rings. The van der Waals surface area contributed by atoms with Gasteiger partial charge in [-0.1, -0.05) is 45.9 Å². The molecule has 5 nitrogen and oxygen atoms in total. The van der Waals surface area contributed by atoms with E-state index in [-0.39, 0.29) is 5.78 Å². The zero-order valence-corrected chi connectivity index (χ0v) is 18.1. The molecule has 2 aromatic carbocycles. The van der Waals surface area contributed by atoms with E-state index in [2.05, 4.69) is 32.7 Å². The van der Waals surface area contributed by atoms with Gasteiger partial charge in [-0.25, -0.2) is 0 Å². The summed E-state index contributed by atoms with van der Waals surface area (Å²) in [5.74, 6) is 2.17. The van der Waals surface area contributed by atoms with Crippen molar-refractivity contribution in [1.82, 2.24) is 14.8 Å². The lowest BCUT2D eigenvalue weighted by Gasteiger charge is -2.11. The molecule has 1 aromatic heterocycles. The molecule has 0 saturated heterocycles. The molecule has 0 spiro atoms. The van der Waals surface area contributed by atoms with Gasteiger partial charge in [0, 0.05) is 33.5 Å². The summed E-state index contributed by atoms with van der Waals surface area (Å²) in [6, 6.07) is 13.4. The highest BCUT2D eigenvalue weighted by atomic mass is 79.9. The highest BCUT2D eigenvalue weighted by Crippen LogP contribution is 2.31. The summed E-state index contributed by atoms with van der Waals surface area (Å²) in [4.78, 5) is 11.7. The van der Waals surface area contributed by atoms with Crippen molar-refractivity contribution in [2.24, 2.45) is 0 Å². The first-order valence-corrected chi connectivity index (χ1v) is 10.4. The van der Waals surface area contributed by atoms with Crippen molar-refractivity contribution in [2.45, 2.75) is 24.4 Å². The lowest BCUT2D eigenvalue weighted by molar-refractivity contribution is 0.101. The molecule has 0 fully saturated rings. The molecule has 0 bridgehead atoms. The Bertz CT molecular complexity index is 1020. The predicted octanol–water partition coefficient (Wildman–Crippen LogP) is 5.40. The minimum absolute atomic E-state index is 0.0284. The molecule has 3 aromatic rings. The maximum absolute atomic E-state index is 11.7. The zero-order chi connectivity index (χ0) is 20.1. The first-order valence-electron chi connectivity index (χ1n) is 8.64. The van der Waals surface area contributed by atoms with E-state index in [1.54, 1.807) is 31.9 Å². The molecule has 0 amide bonds. The highest BCUT2D eigenvalue weighted by Gasteiger charge is 2.15. The summed E-state index contributed by atoms with van der Waals surface area (Å²) in [5.41, 5.74) is 2.59. The average molecular weight is 458 g/mol. The van der Waals surface area contributed by atoms with E-state index in [0.717, 1.165) is 32.3 Å². The van der Waals surface area contributed by atoms with Crippen molar-refractivity contribution in [3.63, 3.8) is 0 Å². The molecule has 0 unspecified atom stereocenters. The Balaban J connectivity index is 1.90. The van der Waals surface area contributed by atoms with E-state index in [0.29, 0.717) is 17.9 Å². The Morgan fingerprint density at radius 1 is 1.29 bits per heavy atom. The molecule has 0 N–H and O–H groups in total. The summed E-state index contributed by atoms with van der Waals surface area (Å²) in [7, 11) is 1.63. The van der Waals surface area contributed by atoms with Crippen LogP contribution in [0.25, 0.3) is 11.4 Å². The van der Waals surface area contributed by atoms with Crippen LogP contribution in [0.4, 0.5) is 0 Å². The van der Waals surface area contributed by atoms with Gasteiger partial charge in [-0.15, -0.1) is 16.8 Å². The number of thioether (sulfide) groups is 1. The smallest absolute Gasteiger partial charge is 0.192 e. The van der Waals surface area contributed by atoms with Gasteiger partial charge in [-0.2, -0.15) is 0 Å². The number of benzene rings is 2. The third-order valence-corrected chi connectivity index (χ3v) is 5.66. The van der Waals surface area contributed by atoms with Gasteiger partial charge in [0.1, 0.15) is 5.75 Å². The fourth-order valence-electron chi connectivity index (χ4n) is 2.78. The normalized spacial score (nSPS) is 10.7. The van der Waals surface area contributed by atoms with Crippen molar-refractivity contribution in [1.29, 1.82) is 0 Å². The maximum atomic E-state index is 11.7. The van der Waals surface area contributed by atoms with Crippen LogP contribution in [-0.4, -0.2) is 27.7 Å². The molecule has 0 atom stereocenters. The first kappa shape index (κ1) is 20.4. The van der Waals surface area contributed by atoms with Crippen LogP contribution in [0.5, 0.6) is 5.75 Å². The molecule has 28 heavy (non-hydrogen) atoms. The number of carbonyl (C=O) groups is 1. The largest absolute Gasteiger partial charge is 0.496 e. The molecule has 1 heterocycles. The number of ether oxygens (including phenoxy) is 1. The maximum Gasteiger partial charge on any atom is 0.192 e. The minimum atomic E-state index is 0.0284. The quantitative estimate of drug-likeness (QED) is 0.257. The number of hydrogen-bond acceptors (Lipinski definition) is 5. The lowest BCUT2D eigenvalue weighted by Crippen LogP contribution is -2.01. The molecule has 0 radical (unpaired) electrons. The number of nitrogens with zero attached hydrogens (tertiary/aromatic N) is 3. The monoisotopic (exact) mass is 457 g/mol. The molecule has 0 saturated carbocycles. The Hall–Kier alpha value is -2.38. The summed E-state index contributed by atoms with van der Waals surface area (Å²) < 4.78 is 8.46. The molecular weight excluding hydrogens is 438 g/mol. The van der Waals surface area contributed by atoms with E-state index in [4.69, 9.17) is 4.74 Å². The van der Waals surface area contributed by atoms with Gasteiger partial charge in [0.25, 0.3) is 0 Å². The fourth-order valence-corrected chi connectivity index (χ4v) is 4.11. The minimum Gasteiger partial charge on any atom is -0.496 e. The fraction of sp³-hybridized carbons (Fsp3) is 0.190. The van der Waals surface area contributed by atoms with Crippen LogP contribution < -0.4 is 4.74 Å². The number of ketones is 1. The van der Waals surface area contributed by atoms with Crippen molar-refractivity contribution in [3.05, 3.63) is 70.7 Å². The summed E-state index contributed by atoms with van der Waals surface area (Å²) in [5, 5.41) is 9.54. The van der Waals surface area contributed by atoms with Gasteiger partial charge in [0.15, 0.2) is 16.8 Å². The second kappa shape index (κ2) is 9.21. The SMILES string of the molecule is C=CCn1c(SCc2cc(C(C)=O)ccc2OC)nnc1-c1cccc(Br)c1. The van der Waals surface area contributed by atoms with Gasteiger partial charge in [0.05, 0.1) is 7.11 Å². The van der Waals surface area contributed by atoms with Crippen LogP contribution in [-0.2, 0) is 12.3 Å². The van der Waals surface area contributed by atoms with E-state index >= 15 is 0 Å². The third kappa shape index (κ3) is 4.54. The summed E-state index contributed by atoms with van der Waals surface area (Å²) in [6.07, 6.45) is 1.83. The predicted molar refractivity (Wildman–Crippen MR) is 116 cm³/mol. The molecule has 0 aliphatic carbocycles. The first-order chi connectivity index (χ1) is 13.5. The number of methoxy groups -OCH3 is 1. The molecule has 3 rings (SSSR count). The molecule has 144 valence electrons. The third-order valence-electron chi connectivity index (χ3n) is 4.16. The topological polar surface area (TPSA) is 57.0 Å². The van der Waals surface area contributed by atoms with Crippen LogP contribution in [0, 0.1) is 0 Å². The second-order valence-electron chi connectivity index (χ2n) is 6.09. The summed E-state index contributed by atoms with van der Waals surface area (Å²) >= 11 is 5.05. The van der Waals surface area contributed by atoms with Gasteiger partial charge >= 0.3 is 0 Å². The van der Waals surface area contributed by atoms with Crippen molar-refractivity contribution in [2.75, 3.05) is 7.11 Å². The molecule has 0 aliphatic heterocycles. The number of hydrogen-bond donors (Lipinski definition) is 0. The van der Waals surface area contributed by atoms with Crippen molar-refractivity contribution >= 4 is 33.5 Å². The van der Waals surface area contributed by atoms with E-state index in [9.17, 15) is 4.79 Å². The highest BCUT2D eigenvalue weighted by molar-refractivity contribution is 9.10. The number of allylic oxidation sites excluding steroid dienone is 1. The number of halogens is 1. The van der Waals surface area contributed by atoms with Gasteiger partial charge < -0.3 is 4.74 Å². The van der Waals surface area contributed by atoms with Gasteiger partial charge in [-0.3, -0.25) is 9.36 Å².